The zero-order valence-electron chi connectivity index (χ0n) is 17.5. The van der Waals surface area contributed by atoms with Gasteiger partial charge in [0.2, 0.25) is 0 Å². The fourth-order valence-electron chi connectivity index (χ4n) is 1.28. The van der Waals surface area contributed by atoms with Gasteiger partial charge in [-0.25, -0.2) is 0 Å². The van der Waals surface area contributed by atoms with E-state index in [2.05, 4.69) is 6.92 Å². The van der Waals surface area contributed by atoms with Crippen LogP contribution in [0.4, 0.5) is 0 Å². The average Bonchev–Trinajstić information content (AvgIpc) is 2.64. The van der Waals surface area contributed by atoms with Gasteiger partial charge in [0.1, 0.15) is 0 Å². The Labute approximate surface area is 158 Å². The summed E-state index contributed by atoms with van der Waals surface area (Å²) in [6.45, 7) is 10.7. The van der Waals surface area contributed by atoms with E-state index in [9.17, 15) is 4.79 Å². The molecule has 0 bridgehead atoms. The van der Waals surface area contributed by atoms with Gasteiger partial charge >= 0.3 is 5.97 Å². The highest BCUT2D eigenvalue weighted by atomic mass is 16.4. The van der Waals surface area contributed by atoms with Gasteiger partial charge in [-0.1, -0.05) is 40.5 Å². The Morgan fingerprint density at radius 3 is 1.31 bits per heavy atom. The number of aliphatic carboxylic acids is 1. The number of hydrogen-bond donors (Lipinski definition) is 6. The van der Waals surface area contributed by atoms with Crippen LogP contribution >= 0.6 is 0 Å². The lowest BCUT2D eigenvalue weighted by Crippen LogP contribution is -2.28. The molecular formula is C19H42O7. The number of aliphatic hydroxyl groups is 5. The predicted octanol–water partition coefficient (Wildman–Crippen LogP) is 1.64. The lowest BCUT2D eigenvalue weighted by atomic mass is 9.82. The molecule has 0 aromatic heterocycles. The Hall–Kier alpha value is -0.730. The van der Waals surface area contributed by atoms with Gasteiger partial charge in [-0.15, -0.1) is 0 Å². The molecule has 0 aromatic carbocycles. The minimum atomic E-state index is -0.986. The van der Waals surface area contributed by atoms with Gasteiger partial charge in [-0.2, -0.15) is 0 Å². The lowest BCUT2D eigenvalue weighted by Gasteiger charge is -2.27. The molecule has 0 atom stereocenters. The van der Waals surface area contributed by atoms with Crippen molar-refractivity contribution in [1.29, 1.82) is 0 Å². The Morgan fingerprint density at radius 2 is 1.19 bits per heavy atom. The Morgan fingerprint density at radius 1 is 0.769 bits per heavy atom. The van der Waals surface area contributed by atoms with Crippen molar-refractivity contribution in [3.63, 3.8) is 0 Å². The second-order valence-electron chi connectivity index (χ2n) is 8.10. The van der Waals surface area contributed by atoms with Crippen LogP contribution in [0.3, 0.4) is 0 Å². The normalized spacial score (nSPS) is 11.8. The van der Waals surface area contributed by atoms with Gasteiger partial charge < -0.3 is 30.6 Å². The van der Waals surface area contributed by atoms with E-state index in [4.69, 9.17) is 30.6 Å². The molecule has 0 fully saturated rings. The molecule has 160 valence electrons. The van der Waals surface area contributed by atoms with Gasteiger partial charge in [0.25, 0.3) is 0 Å². The van der Waals surface area contributed by atoms with Crippen LogP contribution in [-0.2, 0) is 4.79 Å². The Balaban J connectivity index is -0.000000315. The van der Waals surface area contributed by atoms with E-state index >= 15 is 0 Å². The average molecular weight is 383 g/mol. The minimum Gasteiger partial charge on any atom is -0.481 e. The topological polar surface area (TPSA) is 138 Å². The van der Waals surface area contributed by atoms with Crippen LogP contribution in [0, 0.1) is 16.2 Å². The summed E-state index contributed by atoms with van der Waals surface area (Å²) in [4.78, 5) is 10.1. The zero-order valence-corrected chi connectivity index (χ0v) is 17.5. The van der Waals surface area contributed by atoms with Crippen molar-refractivity contribution < 1.29 is 35.4 Å². The molecule has 26 heavy (non-hydrogen) atoms. The van der Waals surface area contributed by atoms with Crippen molar-refractivity contribution in [2.75, 3.05) is 33.0 Å². The summed E-state index contributed by atoms with van der Waals surface area (Å²) in [5, 5.41) is 51.6. The molecule has 6 N–H and O–H groups in total. The van der Waals surface area contributed by atoms with Crippen LogP contribution in [0.5, 0.6) is 0 Å². The van der Waals surface area contributed by atoms with E-state index in [1.54, 1.807) is 13.8 Å². The highest BCUT2D eigenvalue weighted by Crippen LogP contribution is 2.27. The van der Waals surface area contributed by atoms with E-state index in [1.807, 2.05) is 6.92 Å². The van der Waals surface area contributed by atoms with E-state index < -0.39 is 11.4 Å². The van der Waals surface area contributed by atoms with Crippen molar-refractivity contribution in [2.24, 2.45) is 16.2 Å². The summed E-state index contributed by atoms with van der Waals surface area (Å²) < 4.78 is 0. The standard InChI is InChI=1S/C9H20O2.C5H10O3.C5H12O2/c1-3-5-6-9(4-2,7-10)8-11;1-5(2,3-6)4(7)8;1-5(2,3-6)4-7/h10-11H,3-8H2,1-2H3;6H,3H2,1-2H3,(H,7,8);6-7H,3-4H2,1-2H3. The number of carbonyl (C=O) groups is 1. The maximum absolute atomic E-state index is 10.1. The van der Waals surface area contributed by atoms with E-state index in [1.165, 1.54) is 13.8 Å². The highest BCUT2D eigenvalue weighted by molar-refractivity contribution is 5.73. The van der Waals surface area contributed by atoms with E-state index in [0.29, 0.717) is 0 Å². The second-order valence-corrected chi connectivity index (χ2v) is 8.10. The van der Waals surface area contributed by atoms with Crippen LogP contribution in [0.2, 0.25) is 0 Å². The smallest absolute Gasteiger partial charge is 0.311 e. The van der Waals surface area contributed by atoms with Gasteiger partial charge in [-0.3, -0.25) is 4.79 Å². The molecule has 0 amide bonds. The molecule has 0 radical (unpaired) electrons. The third-order valence-corrected chi connectivity index (χ3v) is 4.31. The van der Waals surface area contributed by atoms with Gasteiger partial charge in [0.15, 0.2) is 0 Å². The van der Waals surface area contributed by atoms with Crippen molar-refractivity contribution in [3.05, 3.63) is 0 Å². The second kappa shape index (κ2) is 15.3. The fourth-order valence-corrected chi connectivity index (χ4v) is 1.28. The number of rotatable bonds is 10. The quantitative estimate of drug-likeness (QED) is 0.338. The van der Waals surface area contributed by atoms with Crippen LogP contribution < -0.4 is 0 Å². The summed E-state index contributed by atoms with van der Waals surface area (Å²) in [5.74, 6) is -0.972. The molecule has 0 aromatic rings. The van der Waals surface area contributed by atoms with Crippen LogP contribution in [0.1, 0.15) is 67.2 Å². The van der Waals surface area contributed by atoms with Crippen LogP contribution in [0.25, 0.3) is 0 Å². The maximum Gasteiger partial charge on any atom is 0.311 e. The summed E-state index contributed by atoms with van der Waals surface area (Å²) in [6.07, 6.45) is 4.02. The maximum atomic E-state index is 10.1. The van der Waals surface area contributed by atoms with Gasteiger partial charge in [0.05, 0.1) is 38.4 Å². The molecule has 0 saturated carbocycles. The lowest BCUT2D eigenvalue weighted by molar-refractivity contribution is -0.148. The van der Waals surface area contributed by atoms with Crippen LogP contribution in [-0.4, -0.2) is 69.6 Å². The van der Waals surface area contributed by atoms with Crippen molar-refractivity contribution in [1.82, 2.24) is 0 Å². The molecule has 0 aliphatic heterocycles. The summed E-state index contributed by atoms with van der Waals surface area (Å²) in [7, 11) is 0. The predicted molar refractivity (Wildman–Crippen MR) is 103 cm³/mol. The first-order chi connectivity index (χ1) is 11.9. The zero-order chi connectivity index (χ0) is 21.4. The molecule has 0 spiro atoms. The number of carboxylic acids is 1. The first-order valence-electron chi connectivity index (χ1n) is 9.15. The molecule has 0 saturated heterocycles. The van der Waals surface area contributed by atoms with Crippen molar-refractivity contribution in [3.8, 4) is 0 Å². The van der Waals surface area contributed by atoms with Crippen LogP contribution in [0.15, 0.2) is 0 Å². The van der Waals surface area contributed by atoms with Crippen molar-refractivity contribution >= 4 is 5.97 Å². The number of aliphatic hydroxyl groups excluding tert-OH is 5. The molecule has 0 heterocycles. The summed E-state index contributed by atoms with van der Waals surface area (Å²) in [5.41, 5.74) is -1.50. The number of unbranched alkanes of at least 4 members (excludes halogenated alkanes) is 1. The Bertz CT molecular complexity index is 323. The van der Waals surface area contributed by atoms with E-state index in [-0.39, 0.29) is 43.9 Å². The first-order valence-corrected chi connectivity index (χ1v) is 9.15. The molecule has 0 rings (SSSR count). The first kappa shape index (κ1) is 30.0. The molecular weight excluding hydrogens is 340 g/mol. The largest absolute Gasteiger partial charge is 0.481 e. The van der Waals surface area contributed by atoms with Crippen molar-refractivity contribution in [2.45, 2.75) is 67.2 Å². The third kappa shape index (κ3) is 14.4. The monoisotopic (exact) mass is 382 g/mol. The molecule has 0 aliphatic rings. The molecule has 0 aliphatic carbocycles. The SMILES string of the molecule is CC(C)(CO)C(=O)O.CC(C)(CO)CO.CCCCC(CC)(CO)CO. The summed E-state index contributed by atoms with van der Waals surface area (Å²) in [6, 6.07) is 0. The Kier molecular flexibility index (Phi) is 17.7. The molecule has 7 nitrogen and oxygen atoms in total. The minimum absolute atomic E-state index is 0.0451. The highest BCUT2D eigenvalue weighted by Gasteiger charge is 2.25. The molecule has 0 unspecified atom stereocenters. The fraction of sp³-hybridized carbons (Fsp3) is 0.947. The number of carboxylic acid groups (broad SMARTS) is 1. The number of hydrogen-bond acceptors (Lipinski definition) is 6. The van der Waals surface area contributed by atoms with Gasteiger partial charge in [0, 0.05) is 10.8 Å². The third-order valence-electron chi connectivity index (χ3n) is 4.31. The van der Waals surface area contributed by atoms with E-state index in [0.717, 1.165) is 25.7 Å². The summed E-state index contributed by atoms with van der Waals surface area (Å²) >= 11 is 0. The molecule has 7 heteroatoms. The van der Waals surface area contributed by atoms with Gasteiger partial charge in [-0.05, 0) is 26.7 Å².